The first-order chi connectivity index (χ1) is 8.60. The molecule has 0 bridgehead atoms. The smallest absolute Gasteiger partial charge is 0.0852 e. The first kappa shape index (κ1) is 13.6. The summed E-state index contributed by atoms with van der Waals surface area (Å²) in [5.74, 6) is 0.734. The van der Waals surface area contributed by atoms with Gasteiger partial charge in [0.15, 0.2) is 0 Å². The number of hydrogen-bond donors (Lipinski definition) is 2. The van der Waals surface area contributed by atoms with Crippen LogP contribution in [0, 0.1) is 5.92 Å². The highest BCUT2D eigenvalue weighted by atomic mass is 15.1. The van der Waals surface area contributed by atoms with Gasteiger partial charge in [-0.3, -0.25) is 0 Å². The Morgan fingerprint density at radius 1 is 1.28 bits per heavy atom. The van der Waals surface area contributed by atoms with Crippen LogP contribution in [0.5, 0.6) is 0 Å². The fourth-order valence-electron chi connectivity index (χ4n) is 3.78. The molecule has 1 aliphatic heterocycles. The number of likely N-dealkylation sites (tertiary alicyclic amines) is 1. The normalized spacial score (nSPS) is 36.6. The van der Waals surface area contributed by atoms with Crippen molar-refractivity contribution in [1.82, 2.24) is 0 Å². The van der Waals surface area contributed by atoms with Crippen molar-refractivity contribution in [3.63, 3.8) is 0 Å². The molecule has 4 N–H and O–H groups in total. The monoisotopic (exact) mass is 248 g/mol. The zero-order valence-electron chi connectivity index (χ0n) is 12.1. The lowest BCUT2D eigenvalue weighted by Gasteiger charge is -2.47. The Kier molecular flexibility index (Phi) is 4.08. The molecule has 2 rings (SSSR count). The summed E-state index contributed by atoms with van der Waals surface area (Å²) >= 11 is 0. The van der Waals surface area contributed by atoms with E-state index in [1.165, 1.54) is 24.9 Å². The molecule has 18 heavy (non-hydrogen) atoms. The lowest BCUT2D eigenvalue weighted by Crippen LogP contribution is -3.15. The molecule has 1 heterocycles. The molecule has 2 nitrogen and oxygen atoms in total. The summed E-state index contributed by atoms with van der Waals surface area (Å²) < 4.78 is 0. The van der Waals surface area contributed by atoms with Gasteiger partial charge in [-0.25, -0.2) is 0 Å². The van der Waals surface area contributed by atoms with Crippen LogP contribution in [-0.4, -0.2) is 26.2 Å². The number of rotatable bonds is 3. The third-order valence-electron chi connectivity index (χ3n) is 5.05. The summed E-state index contributed by atoms with van der Waals surface area (Å²) in [6.45, 7) is 7.13. The summed E-state index contributed by atoms with van der Waals surface area (Å²) in [7, 11) is 2.33. The summed E-state index contributed by atoms with van der Waals surface area (Å²) in [5, 5.41) is 0. The van der Waals surface area contributed by atoms with Crippen molar-refractivity contribution in [3.05, 3.63) is 35.9 Å². The van der Waals surface area contributed by atoms with Gasteiger partial charge in [0.05, 0.1) is 26.2 Å². The molecule has 1 saturated heterocycles. The third kappa shape index (κ3) is 2.32. The lowest BCUT2D eigenvalue weighted by atomic mass is 9.63. The first-order valence-electron chi connectivity index (χ1n) is 7.27. The van der Waals surface area contributed by atoms with Gasteiger partial charge >= 0.3 is 0 Å². The van der Waals surface area contributed by atoms with Gasteiger partial charge in [0.25, 0.3) is 0 Å². The van der Waals surface area contributed by atoms with Gasteiger partial charge in [0.2, 0.25) is 0 Å². The van der Waals surface area contributed by atoms with Crippen molar-refractivity contribution < 1.29 is 10.6 Å². The maximum absolute atomic E-state index is 4.12. The average Bonchev–Trinajstić information content (AvgIpc) is 2.37. The number of piperidine rings is 1. The summed E-state index contributed by atoms with van der Waals surface area (Å²) in [6, 6.07) is 11.9. The van der Waals surface area contributed by atoms with Crippen LogP contribution in [0.4, 0.5) is 0 Å². The van der Waals surface area contributed by atoms with E-state index >= 15 is 0 Å². The number of hydrogen-bond acceptors (Lipinski definition) is 0. The lowest BCUT2D eigenvalue weighted by molar-refractivity contribution is -0.915. The molecule has 0 saturated carbocycles. The maximum Gasteiger partial charge on any atom is 0.0852 e. The minimum Gasteiger partial charge on any atom is -0.358 e. The van der Waals surface area contributed by atoms with E-state index in [1.807, 2.05) is 0 Å². The van der Waals surface area contributed by atoms with E-state index in [-0.39, 0.29) is 0 Å². The molecule has 0 aliphatic carbocycles. The Labute approximate surface area is 111 Å². The Morgan fingerprint density at radius 2 is 1.94 bits per heavy atom. The molecule has 1 unspecified atom stereocenters. The second kappa shape index (κ2) is 5.41. The molecule has 0 aromatic heterocycles. The van der Waals surface area contributed by atoms with Crippen LogP contribution in [-0.2, 0) is 5.41 Å². The molecule has 0 radical (unpaired) electrons. The van der Waals surface area contributed by atoms with Gasteiger partial charge in [-0.15, -0.1) is 0 Å². The predicted octanol–water partition coefficient (Wildman–Crippen LogP) is 0.499. The third-order valence-corrected chi connectivity index (χ3v) is 5.05. The van der Waals surface area contributed by atoms with Crippen LogP contribution < -0.4 is 10.6 Å². The number of quaternary nitrogens is 2. The van der Waals surface area contributed by atoms with Gasteiger partial charge in [-0.2, -0.15) is 0 Å². The van der Waals surface area contributed by atoms with E-state index in [2.05, 4.69) is 57.0 Å². The van der Waals surface area contributed by atoms with E-state index in [4.69, 9.17) is 0 Å². The van der Waals surface area contributed by atoms with E-state index < -0.39 is 0 Å². The molecule has 1 aromatic rings. The second-order valence-corrected chi connectivity index (χ2v) is 6.18. The zero-order chi connectivity index (χ0) is 13.2. The minimum atomic E-state index is 0.349. The Hall–Kier alpha value is -0.860. The topological polar surface area (TPSA) is 32.1 Å². The van der Waals surface area contributed by atoms with Crippen LogP contribution in [0.1, 0.15) is 32.3 Å². The number of benzene rings is 1. The SMILES string of the molecule is C[C@@H]1C[NH+](C)[C@@H](C)C[C@@]1(CC[NH3+])c1ccccc1. The van der Waals surface area contributed by atoms with Crippen LogP contribution >= 0.6 is 0 Å². The van der Waals surface area contributed by atoms with Crippen molar-refractivity contribution in [2.24, 2.45) is 5.92 Å². The largest absolute Gasteiger partial charge is 0.358 e. The van der Waals surface area contributed by atoms with E-state index in [9.17, 15) is 0 Å². The highest BCUT2D eigenvalue weighted by Crippen LogP contribution is 2.40. The summed E-state index contributed by atoms with van der Waals surface area (Å²) in [5.41, 5.74) is 6.00. The van der Waals surface area contributed by atoms with Crippen molar-refractivity contribution in [2.45, 2.75) is 38.1 Å². The standard InChI is InChI=1S/C16H26N2/c1-13-12-18(3)14(2)11-16(13,9-10-17)15-7-5-4-6-8-15/h4-8,13-14H,9-12,17H2,1-3H3/p+2/t13-,14+,16-/m1/s1. The highest BCUT2D eigenvalue weighted by molar-refractivity contribution is 5.27. The highest BCUT2D eigenvalue weighted by Gasteiger charge is 2.45. The molecule has 1 aliphatic rings. The molecule has 4 atom stereocenters. The van der Waals surface area contributed by atoms with Gasteiger partial charge in [-0.1, -0.05) is 37.3 Å². The van der Waals surface area contributed by atoms with E-state index in [1.54, 1.807) is 4.90 Å². The fourth-order valence-corrected chi connectivity index (χ4v) is 3.78. The molecule has 1 aromatic carbocycles. The van der Waals surface area contributed by atoms with E-state index in [0.29, 0.717) is 5.41 Å². The Balaban J connectivity index is 2.37. The molecule has 2 heteroatoms. The summed E-state index contributed by atoms with van der Waals surface area (Å²) in [6.07, 6.45) is 2.51. The van der Waals surface area contributed by atoms with Gasteiger partial charge in [0, 0.05) is 24.2 Å². The van der Waals surface area contributed by atoms with Crippen LogP contribution in [0.15, 0.2) is 30.3 Å². The maximum atomic E-state index is 4.12. The molecular weight excluding hydrogens is 220 g/mol. The summed E-state index contributed by atoms with van der Waals surface area (Å²) in [4.78, 5) is 1.68. The number of nitrogens with one attached hydrogen (secondary N) is 1. The van der Waals surface area contributed by atoms with Crippen LogP contribution in [0.25, 0.3) is 0 Å². The van der Waals surface area contributed by atoms with Gasteiger partial charge in [0.1, 0.15) is 0 Å². The Morgan fingerprint density at radius 3 is 2.56 bits per heavy atom. The predicted molar refractivity (Wildman–Crippen MR) is 75.5 cm³/mol. The molecule has 0 amide bonds. The van der Waals surface area contributed by atoms with Crippen molar-refractivity contribution >= 4 is 0 Å². The zero-order valence-corrected chi connectivity index (χ0v) is 12.1. The minimum absolute atomic E-state index is 0.349. The van der Waals surface area contributed by atoms with Crippen molar-refractivity contribution in [3.8, 4) is 0 Å². The van der Waals surface area contributed by atoms with E-state index in [0.717, 1.165) is 18.5 Å². The molecule has 100 valence electrons. The van der Waals surface area contributed by atoms with Gasteiger partial charge in [-0.05, 0) is 12.5 Å². The van der Waals surface area contributed by atoms with Crippen molar-refractivity contribution in [2.75, 3.05) is 20.1 Å². The first-order valence-corrected chi connectivity index (χ1v) is 7.27. The fraction of sp³-hybridized carbons (Fsp3) is 0.625. The van der Waals surface area contributed by atoms with Crippen LogP contribution in [0.3, 0.4) is 0 Å². The molecule has 1 fully saturated rings. The molecular formula is C16H28N2+2. The second-order valence-electron chi connectivity index (χ2n) is 6.18. The van der Waals surface area contributed by atoms with Crippen LogP contribution in [0.2, 0.25) is 0 Å². The van der Waals surface area contributed by atoms with Crippen molar-refractivity contribution in [1.29, 1.82) is 0 Å². The Bertz CT molecular complexity index is 376. The quantitative estimate of drug-likeness (QED) is 0.781. The van der Waals surface area contributed by atoms with Gasteiger partial charge < -0.3 is 10.6 Å². The average molecular weight is 248 g/mol. The molecule has 0 spiro atoms.